The second-order valence-electron chi connectivity index (χ2n) is 4.73. The highest BCUT2D eigenvalue weighted by atomic mass is 35.5. The van der Waals surface area contributed by atoms with Gasteiger partial charge in [-0.3, -0.25) is 4.79 Å². The highest BCUT2D eigenvalue weighted by Crippen LogP contribution is 2.16. The van der Waals surface area contributed by atoms with Crippen molar-refractivity contribution >= 4 is 52.2 Å². The Morgan fingerprint density at radius 2 is 1.87 bits per heavy atom. The zero-order chi connectivity index (χ0) is 17.8. The van der Waals surface area contributed by atoms with Crippen molar-refractivity contribution in [3.05, 3.63) is 34.9 Å². The number of ketones is 1. The predicted molar refractivity (Wildman–Crippen MR) is 101 cm³/mol. The lowest BCUT2D eigenvalue weighted by Gasteiger charge is -2.13. The van der Waals surface area contributed by atoms with Gasteiger partial charge in [0.1, 0.15) is 5.78 Å². The third-order valence-electron chi connectivity index (χ3n) is 2.60. The summed E-state index contributed by atoms with van der Waals surface area (Å²) in [5, 5.41) is 8.18. The molecule has 0 aromatic heterocycles. The van der Waals surface area contributed by atoms with Crippen LogP contribution in [0.15, 0.2) is 24.3 Å². The number of nitrogens with zero attached hydrogens (tertiary/aromatic N) is 1. The van der Waals surface area contributed by atoms with E-state index >= 15 is 0 Å². The Labute approximate surface area is 152 Å². The SMILES string of the molecule is CN(C)C(=S)OCCC(=O)CCc1ccccc1Cl.NC(O)=S. The van der Waals surface area contributed by atoms with Crippen LogP contribution < -0.4 is 5.73 Å². The quantitative estimate of drug-likeness (QED) is 0.739. The number of hydrogen-bond acceptors (Lipinski definition) is 4. The molecule has 0 aliphatic rings. The van der Waals surface area contributed by atoms with Crippen LogP contribution in [0, 0.1) is 0 Å². The molecule has 1 aromatic carbocycles. The van der Waals surface area contributed by atoms with Crippen LogP contribution in [0.4, 0.5) is 0 Å². The molecular formula is C15H21ClN2O3S2. The molecule has 0 amide bonds. The van der Waals surface area contributed by atoms with E-state index < -0.39 is 5.17 Å². The average molecular weight is 377 g/mol. The number of halogens is 1. The third kappa shape index (κ3) is 11.7. The number of benzene rings is 1. The van der Waals surface area contributed by atoms with Gasteiger partial charge in [-0.2, -0.15) is 0 Å². The van der Waals surface area contributed by atoms with Crippen molar-refractivity contribution in [3.63, 3.8) is 0 Å². The maximum absolute atomic E-state index is 11.7. The number of aliphatic hydroxyl groups excluding tert-OH is 1. The summed E-state index contributed by atoms with van der Waals surface area (Å²) >= 11 is 14.9. The minimum Gasteiger partial charge on any atom is -0.487 e. The molecule has 0 aliphatic carbocycles. The molecule has 0 saturated heterocycles. The summed E-state index contributed by atoms with van der Waals surface area (Å²) in [7, 11) is 3.61. The van der Waals surface area contributed by atoms with Gasteiger partial charge in [0.15, 0.2) is 0 Å². The smallest absolute Gasteiger partial charge is 0.258 e. The van der Waals surface area contributed by atoms with Crippen molar-refractivity contribution < 1.29 is 14.6 Å². The molecule has 0 heterocycles. The Bertz CT molecular complexity index is 535. The molecule has 8 heteroatoms. The molecule has 0 fully saturated rings. The van der Waals surface area contributed by atoms with Crippen LogP contribution in [-0.2, 0) is 16.0 Å². The summed E-state index contributed by atoms with van der Waals surface area (Å²) in [6.45, 7) is 0.332. The van der Waals surface area contributed by atoms with E-state index in [-0.39, 0.29) is 5.78 Å². The molecule has 1 aromatic rings. The first-order chi connectivity index (χ1) is 10.7. The molecule has 0 atom stereocenters. The second-order valence-corrected chi connectivity index (χ2v) is 5.90. The third-order valence-corrected chi connectivity index (χ3v) is 3.45. The number of ether oxygens (including phenoxy) is 1. The summed E-state index contributed by atoms with van der Waals surface area (Å²) < 4.78 is 5.26. The molecule has 0 spiro atoms. The van der Waals surface area contributed by atoms with Gasteiger partial charge in [-0.05, 0) is 42.5 Å². The van der Waals surface area contributed by atoms with E-state index in [0.717, 1.165) is 5.56 Å². The number of carbonyl (C=O) groups is 1. The molecule has 0 radical (unpaired) electrons. The number of aliphatic hydroxyl groups is 1. The Kier molecular flexibility index (Phi) is 11.3. The van der Waals surface area contributed by atoms with Crippen molar-refractivity contribution in [2.75, 3.05) is 20.7 Å². The number of rotatable bonds is 6. The lowest BCUT2D eigenvalue weighted by molar-refractivity contribution is -0.119. The van der Waals surface area contributed by atoms with Gasteiger partial charge in [0.05, 0.1) is 6.61 Å². The van der Waals surface area contributed by atoms with Crippen molar-refractivity contribution in [1.82, 2.24) is 4.90 Å². The maximum Gasteiger partial charge on any atom is 0.258 e. The Morgan fingerprint density at radius 1 is 1.30 bits per heavy atom. The zero-order valence-corrected chi connectivity index (χ0v) is 15.5. The Morgan fingerprint density at radius 3 is 2.39 bits per heavy atom. The summed E-state index contributed by atoms with van der Waals surface area (Å²) in [6, 6.07) is 7.57. The van der Waals surface area contributed by atoms with Gasteiger partial charge < -0.3 is 20.5 Å². The van der Waals surface area contributed by atoms with Crippen LogP contribution >= 0.6 is 36.0 Å². The largest absolute Gasteiger partial charge is 0.487 e. The molecular weight excluding hydrogens is 356 g/mol. The van der Waals surface area contributed by atoms with Gasteiger partial charge in [0.25, 0.3) is 10.3 Å². The molecule has 128 valence electrons. The van der Waals surface area contributed by atoms with Gasteiger partial charge in [0.2, 0.25) is 0 Å². The fourth-order valence-corrected chi connectivity index (χ4v) is 1.80. The van der Waals surface area contributed by atoms with Gasteiger partial charge in [-0.15, -0.1) is 0 Å². The first kappa shape index (κ1) is 21.6. The normalized spacial score (nSPS) is 9.35. The number of thiocarbonyl (C=S) groups is 2. The molecule has 0 saturated carbocycles. The molecule has 0 unspecified atom stereocenters. The van der Waals surface area contributed by atoms with E-state index in [1.807, 2.05) is 38.4 Å². The van der Waals surface area contributed by atoms with E-state index in [2.05, 4.69) is 18.0 Å². The number of Topliss-reactive ketones (excluding diaryl/α,β-unsaturated/α-hetero) is 1. The zero-order valence-electron chi connectivity index (χ0n) is 13.1. The van der Waals surface area contributed by atoms with E-state index in [1.54, 1.807) is 4.90 Å². The Balaban J connectivity index is 0.00000108. The molecule has 3 N–H and O–H groups in total. The molecule has 23 heavy (non-hydrogen) atoms. The summed E-state index contributed by atoms with van der Waals surface area (Å²) in [6.07, 6.45) is 1.51. The molecule has 0 bridgehead atoms. The monoisotopic (exact) mass is 376 g/mol. The highest BCUT2D eigenvalue weighted by molar-refractivity contribution is 7.80. The maximum atomic E-state index is 11.7. The standard InChI is InChI=1S/C14H18ClNO2S.CH3NOS/c1-16(2)14(19)18-10-9-12(17)8-7-11-5-3-4-6-13(11)15;2-1(3)4/h3-6H,7-10H2,1-2H3;(H3,2,3,4). The van der Waals surface area contributed by atoms with Crippen molar-refractivity contribution in [1.29, 1.82) is 0 Å². The van der Waals surface area contributed by atoms with Gasteiger partial charge in [0, 0.05) is 32.0 Å². The minimum atomic E-state index is -0.500. The van der Waals surface area contributed by atoms with E-state index in [0.29, 0.717) is 36.1 Å². The van der Waals surface area contributed by atoms with E-state index in [1.165, 1.54) is 0 Å². The first-order valence-electron chi connectivity index (χ1n) is 6.81. The summed E-state index contributed by atoms with van der Waals surface area (Å²) in [4.78, 5) is 13.4. The summed E-state index contributed by atoms with van der Waals surface area (Å²) in [5.74, 6) is 0.154. The lowest BCUT2D eigenvalue weighted by Crippen LogP contribution is -2.23. The van der Waals surface area contributed by atoms with Crippen molar-refractivity contribution in [2.24, 2.45) is 5.73 Å². The van der Waals surface area contributed by atoms with Gasteiger partial charge in [-0.25, -0.2) is 0 Å². The number of hydrogen-bond donors (Lipinski definition) is 2. The second kappa shape index (κ2) is 12.0. The van der Waals surface area contributed by atoms with Crippen LogP contribution in [-0.4, -0.2) is 46.8 Å². The molecule has 0 aliphatic heterocycles. The van der Waals surface area contributed by atoms with E-state index in [4.69, 9.17) is 33.7 Å². The van der Waals surface area contributed by atoms with E-state index in [9.17, 15) is 4.79 Å². The van der Waals surface area contributed by atoms with Crippen molar-refractivity contribution in [3.8, 4) is 0 Å². The lowest BCUT2D eigenvalue weighted by atomic mass is 10.1. The topological polar surface area (TPSA) is 75.8 Å². The van der Waals surface area contributed by atoms with Crippen LogP contribution in [0.3, 0.4) is 0 Å². The number of nitrogens with two attached hydrogens (primary N) is 1. The number of carbonyl (C=O) groups excluding carboxylic acids is 1. The Hall–Kier alpha value is -1.44. The molecule has 1 rings (SSSR count). The van der Waals surface area contributed by atoms with Crippen LogP contribution in [0.2, 0.25) is 5.02 Å². The number of aryl methyl sites for hydroxylation is 1. The highest BCUT2D eigenvalue weighted by Gasteiger charge is 2.06. The van der Waals surface area contributed by atoms with Gasteiger partial charge >= 0.3 is 0 Å². The summed E-state index contributed by atoms with van der Waals surface area (Å²) in [5.41, 5.74) is 5.40. The van der Waals surface area contributed by atoms with Gasteiger partial charge in [-0.1, -0.05) is 29.8 Å². The van der Waals surface area contributed by atoms with Crippen LogP contribution in [0.25, 0.3) is 0 Å². The first-order valence-corrected chi connectivity index (χ1v) is 8.01. The predicted octanol–water partition coefficient (Wildman–Crippen LogP) is 2.88. The minimum absolute atomic E-state index is 0.154. The average Bonchev–Trinajstić information content (AvgIpc) is 2.45. The van der Waals surface area contributed by atoms with Crippen LogP contribution in [0.5, 0.6) is 0 Å². The fourth-order valence-electron chi connectivity index (χ4n) is 1.48. The fraction of sp³-hybridized carbons (Fsp3) is 0.400. The van der Waals surface area contributed by atoms with Crippen LogP contribution in [0.1, 0.15) is 18.4 Å². The van der Waals surface area contributed by atoms with Crippen molar-refractivity contribution in [2.45, 2.75) is 19.3 Å². The molecule has 5 nitrogen and oxygen atoms in total.